The molecule has 0 fully saturated rings. The van der Waals surface area contributed by atoms with E-state index in [-0.39, 0.29) is 11.3 Å². The van der Waals surface area contributed by atoms with Gasteiger partial charge in [0.15, 0.2) is 5.69 Å². The zero-order valence-electron chi connectivity index (χ0n) is 17.4. The Hall–Kier alpha value is -3.63. The average molecular weight is 449 g/mol. The second kappa shape index (κ2) is 8.13. The highest BCUT2D eigenvalue weighted by Crippen LogP contribution is 2.28. The smallest absolute Gasteiger partial charge is 0.297 e. The Labute approximate surface area is 186 Å². The summed E-state index contributed by atoms with van der Waals surface area (Å²) in [5, 5.41) is 23.8. The lowest BCUT2D eigenvalue weighted by atomic mass is 10.2. The molecule has 0 amide bonds. The van der Waals surface area contributed by atoms with Gasteiger partial charge in [-0.25, -0.2) is 4.68 Å². The number of furan rings is 1. The SMILES string of the molecule is Cc1c(-n2nnnc2SC[C@@H](O)c2cc3ccccc3o2)c(=O)n(-c2ccccc2)n1C. The fourth-order valence-electron chi connectivity index (χ4n) is 3.61. The van der Waals surface area contributed by atoms with Crippen molar-refractivity contribution in [3.8, 4) is 11.4 Å². The quantitative estimate of drug-likeness (QED) is 0.398. The number of benzene rings is 2. The molecule has 3 aromatic heterocycles. The van der Waals surface area contributed by atoms with Crippen molar-refractivity contribution in [3.05, 3.63) is 82.5 Å². The van der Waals surface area contributed by atoms with Crippen molar-refractivity contribution in [2.45, 2.75) is 18.2 Å². The molecule has 32 heavy (non-hydrogen) atoms. The third-order valence-electron chi connectivity index (χ3n) is 5.32. The monoisotopic (exact) mass is 448 g/mol. The van der Waals surface area contributed by atoms with E-state index in [1.54, 1.807) is 9.36 Å². The number of nitrogens with zero attached hydrogens (tertiary/aromatic N) is 6. The highest BCUT2D eigenvalue weighted by Gasteiger charge is 2.23. The van der Waals surface area contributed by atoms with E-state index in [9.17, 15) is 9.90 Å². The average Bonchev–Trinajstić information content (AvgIpc) is 3.50. The topological polar surface area (TPSA) is 104 Å². The third kappa shape index (κ3) is 3.43. The second-order valence-corrected chi connectivity index (χ2v) is 8.28. The fourth-order valence-corrected chi connectivity index (χ4v) is 4.43. The Kier molecular flexibility index (Phi) is 5.16. The van der Waals surface area contributed by atoms with Crippen LogP contribution in [-0.4, -0.2) is 40.4 Å². The number of hydrogen-bond donors (Lipinski definition) is 1. The number of aliphatic hydroxyl groups is 1. The number of aromatic nitrogens is 6. The summed E-state index contributed by atoms with van der Waals surface area (Å²) < 4.78 is 10.5. The molecule has 9 nitrogen and oxygen atoms in total. The van der Waals surface area contributed by atoms with Crippen molar-refractivity contribution in [1.82, 2.24) is 29.6 Å². The molecule has 0 aliphatic rings. The molecule has 0 bridgehead atoms. The van der Waals surface area contributed by atoms with E-state index in [1.165, 1.54) is 16.4 Å². The highest BCUT2D eigenvalue weighted by molar-refractivity contribution is 7.99. The second-order valence-electron chi connectivity index (χ2n) is 7.30. The predicted molar refractivity (Wildman–Crippen MR) is 120 cm³/mol. The standard InChI is InChI=1S/C22H20N6O3S/c1-14-20(21(30)28(26(14)2)16-9-4-3-5-10-16)27-22(23-24-25-27)32-13-17(29)19-12-15-8-6-7-11-18(15)31-19/h3-12,17,29H,13H2,1-2H3/t17-/m1/s1. The normalized spacial score (nSPS) is 12.5. The Morgan fingerprint density at radius 3 is 2.66 bits per heavy atom. The van der Waals surface area contributed by atoms with Crippen molar-refractivity contribution < 1.29 is 9.52 Å². The number of thioether (sulfide) groups is 1. The highest BCUT2D eigenvalue weighted by atomic mass is 32.2. The Bertz CT molecular complexity index is 1420. The summed E-state index contributed by atoms with van der Waals surface area (Å²) in [5.74, 6) is 0.735. The van der Waals surface area contributed by atoms with Crippen LogP contribution in [0.5, 0.6) is 0 Å². The molecule has 5 aromatic rings. The summed E-state index contributed by atoms with van der Waals surface area (Å²) in [5.41, 5.74) is 2.31. The first-order chi connectivity index (χ1) is 15.5. The molecule has 5 rings (SSSR count). The van der Waals surface area contributed by atoms with Gasteiger partial charge >= 0.3 is 0 Å². The van der Waals surface area contributed by atoms with Gasteiger partial charge in [0.1, 0.15) is 17.4 Å². The van der Waals surface area contributed by atoms with Gasteiger partial charge in [0, 0.05) is 18.2 Å². The molecule has 162 valence electrons. The van der Waals surface area contributed by atoms with Crippen LogP contribution in [0, 0.1) is 6.92 Å². The van der Waals surface area contributed by atoms with Crippen LogP contribution in [0.2, 0.25) is 0 Å². The molecule has 0 saturated carbocycles. The van der Waals surface area contributed by atoms with Gasteiger partial charge in [0.05, 0.1) is 11.4 Å². The summed E-state index contributed by atoms with van der Waals surface area (Å²) in [4.78, 5) is 13.3. The van der Waals surface area contributed by atoms with E-state index in [4.69, 9.17) is 4.42 Å². The third-order valence-corrected chi connectivity index (χ3v) is 6.32. The molecule has 1 N–H and O–H groups in total. The minimum Gasteiger partial charge on any atom is -0.458 e. The van der Waals surface area contributed by atoms with Gasteiger partial charge < -0.3 is 9.52 Å². The number of para-hydroxylation sites is 2. The zero-order valence-corrected chi connectivity index (χ0v) is 18.2. The summed E-state index contributed by atoms with van der Waals surface area (Å²) in [7, 11) is 1.82. The molecule has 0 aliphatic heterocycles. The van der Waals surface area contributed by atoms with Gasteiger partial charge in [-0.2, -0.15) is 4.68 Å². The molecular weight excluding hydrogens is 428 g/mol. The number of aliphatic hydroxyl groups excluding tert-OH is 1. The summed E-state index contributed by atoms with van der Waals surface area (Å²) in [6.45, 7) is 1.84. The van der Waals surface area contributed by atoms with E-state index >= 15 is 0 Å². The van der Waals surface area contributed by atoms with Crippen LogP contribution in [0.1, 0.15) is 17.6 Å². The Morgan fingerprint density at radius 2 is 1.88 bits per heavy atom. The minimum atomic E-state index is -0.851. The van der Waals surface area contributed by atoms with Gasteiger partial charge in [0.2, 0.25) is 5.16 Å². The van der Waals surface area contributed by atoms with E-state index in [2.05, 4.69) is 15.5 Å². The Balaban J connectivity index is 1.43. The lowest BCUT2D eigenvalue weighted by Gasteiger charge is -2.07. The molecule has 0 spiro atoms. The molecule has 2 aromatic carbocycles. The molecule has 0 aliphatic carbocycles. The van der Waals surface area contributed by atoms with Crippen LogP contribution in [0.4, 0.5) is 0 Å². The van der Waals surface area contributed by atoms with Crippen molar-refractivity contribution in [2.75, 3.05) is 5.75 Å². The molecule has 10 heteroatoms. The molecule has 0 unspecified atom stereocenters. The van der Waals surface area contributed by atoms with Gasteiger partial charge in [-0.1, -0.05) is 48.2 Å². The number of tetrazole rings is 1. The van der Waals surface area contributed by atoms with Crippen molar-refractivity contribution in [2.24, 2.45) is 7.05 Å². The van der Waals surface area contributed by atoms with Gasteiger partial charge in [-0.3, -0.25) is 9.48 Å². The van der Waals surface area contributed by atoms with Crippen LogP contribution in [0.3, 0.4) is 0 Å². The Morgan fingerprint density at radius 1 is 1.12 bits per heavy atom. The molecule has 0 saturated heterocycles. The lowest BCUT2D eigenvalue weighted by molar-refractivity contribution is 0.176. The first-order valence-corrected chi connectivity index (χ1v) is 11.0. The van der Waals surface area contributed by atoms with Crippen LogP contribution in [-0.2, 0) is 7.05 Å². The van der Waals surface area contributed by atoms with Crippen LogP contribution < -0.4 is 5.56 Å². The fraction of sp³-hybridized carbons (Fsp3) is 0.182. The summed E-state index contributed by atoms with van der Waals surface area (Å²) in [6.07, 6.45) is -0.851. The van der Waals surface area contributed by atoms with Crippen molar-refractivity contribution in [3.63, 3.8) is 0 Å². The van der Waals surface area contributed by atoms with Gasteiger partial charge in [0.25, 0.3) is 5.56 Å². The van der Waals surface area contributed by atoms with Gasteiger partial charge in [-0.05, 0) is 41.6 Å². The number of fused-ring (bicyclic) bond motifs is 1. The molecular formula is C22H20N6O3S. The summed E-state index contributed by atoms with van der Waals surface area (Å²) in [6, 6.07) is 18.8. The summed E-state index contributed by atoms with van der Waals surface area (Å²) >= 11 is 1.25. The van der Waals surface area contributed by atoms with Gasteiger partial charge in [-0.15, -0.1) is 5.10 Å². The van der Waals surface area contributed by atoms with Crippen LogP contribution >= 0.6 is 11.8 Å². The predicted octanol–water partition coefficient (Wildman–Crippen LogP) is 3.03. The first-order valence-electron chi connectivity index (χ1n) is 9.96. The lowest BCUT2D eigenvalue weighted by Crippen LogP contribution is -2.22. The largest absolute Gasteiger partial charge is 0.458 e. The maximum Gasteiger partial charge on any atom is 0.297 e. The van der Waals surface area contributed by atoms with E-state index in [0.29, 0.717) is 22.3 Å². The van der Waals surface area contributed by atoms with E-state index < -0.39 is 6.10 Å². The molecule has 0 radical (unpaired) electrons. The van der Waals surface area contributed by atoms with Crippen LogP contribution in [0.15, 0.2) is 75.0 Å². The minimum absolute atomic E-state index is 0.233. The number of rotatable bonds is 6. The molecule has 1 atom stereocenters. The maximum atomic E-state index is 13.3. The maximum absolute atomic E-state index is 13.3. The molecule has 3 heterocycles. The van der Waals surface area contributed by atoms with Crippen molar-refractivity contribution in [1.29, 1.82) is 0 Å². The van der Waals surface area contributed by atoms with Crippen LogP contribution in [0.25, 0.3) is 22.3 Å². The van der Waals surface area contributed by atoms with Crippen molar-refractivity contribution >= 4 is 22.7 Å². The zero-order chi connectivity index (χ0) is 22.2. The number of hydrogen-bond acceptors (Lipinski definition) is 7. The van der Waals surface area contributed by atoms with E-state index in [1.807, 2.05) is 74.6 Å². The first kappa shape index (κ1) is 20.3. The van der Waals surface area contributed by atoms with E-state index in [0.717, 1.165) is 16.7 Å².